The highest BCUT2D eigenvalue weighted by Crippen LogP contribution is 2.30. The summed E-state index contributed by atoms with van der Waals surface area (Å²) in [5, 5.41) is 12.6. The Morgan fingerprint density at radius 3 is 2.44 bits per heavy atom. The lowest BCUT2D eigenvalue weighted by atomic mass is 9.84. The fourth-order valence-electron chi connectivity index (χ4n) is 3.93. The molecule has 0 radical (unpaired) electrons. The molecule has 6 atom stereocenters. The molecular weight excluding hydrogens is 427 g/mol. The molecule has 184 valence electrons. The molecule has 0 spiro atoms. The number of rotatable bonds is 12. The van der Waals surface area contributed by atoms with E-state index in [9.17, 15) is 27.1 Å². The van der Waals surface area contributed by atoms with Crippen LogP contribution in [0.5, 0.6) is 0 Å². The van der Waals surface area contributed by atoms with Crippen LogP contribution in [0.15, 0.2) is 47.4 Å². The zero-order valence-electron chi connectivity index (χ0n) is 19.4. The first-order chi connectivity index (χ1) is 15.0. The van der Waals surface area contributed by atoms with Gasteiger partial charge in [-0.25, -0.2) is 22.0 Å². The van der Waals surface area contributed by atoms with Crippen LogP contribution in [0.3, 0.4) is 0 Å². The number of nitrogens with zero attached hydrogens (tertiary/aromatic N) is 1. The van der Waals surface area contributed by atoms with Crippen LogP contribution in [-0.4, -0.2) is 68.1 Å². The Hall–Kier alpha value is -1.51. The molecule has 1 fully saturated rings. The second-order valence-electron chi connectivity index (χ2n) is 8.68. The predicted molar refractivity (Wildman–Crippen MR) is 120 cm³/mol. The van der Waals surface area contributed by atoms with Gasteiger partial charge in [-0.1, -0.05) is 24.3 Å². The van der Waals surface area contributed by atoms with E-state index in [4.69, 9.17) is 0 Å². The number of allylic oxidation sites excluding steroid dienone is 6. The number of aliphatic hydroxyl groups is 1. The van der Waals surface area contributed by atoms with Gasteiger partial charge in [-0.15, -0.1) is 0 Å². The molecule has 32 heavy (non-hydrogen) atoms. The maximum Gasteiger partial charge on any atom is 0.166 e. The third kappa shape index (κ3) is 9.16. The summed E-state index contributed by atoms with van der Waals surface area (Å²) in [6.45, 7) is 10.0. The summed E-state index contributed by atoms with van der Waals surface area (Å²) in [7, 11) is 1.83. The van der Waals surface area contributed by atoms with E-state index in [0.717, 1.165) is 38.6 Å². The number of hydrogen-bond donors (Lipinski definition) is 2. The van der Waals surface area contributed by atoms with Crippen molar-refractivity contribution in [3.63, 3.8) is 0 Å². The molecule has 1 saturated heterocycles. The van der Waals surface area contributed by atoms with Crippen molar-refractivity contribution in [1.82, 2.24) is 10.2 Å². The number of nitrogens with one attached hydrogen (secondary N) is 1. The molecule has 4 unspecified atom stereocenters. The Labute approximate surface area is 188 Å². The highest BCUT2D eigenvalue weighted by molar-refractivity contribution is 5.50. The molecule has 1 rings (SSSR count). The van der Waals surface area contributed by atoms with Gasteiger partial charge in [0, 0.05) is 25.1 Å². The van der Waals surface area contributed by atoms with Crippen molar-refractivity contribution in [1.29, 1.82) is 0 Å². The van der Waals surface area contributed by atoms with Crippen molar-refractivity contribution < 1.29 is 27.1 Å². The summed E-state index contributed by atoms with van der Waals surface area (Å²) in [4.78, 5) is 1.82. The maximum atomic E-state index is 14.4. The van der Waals surface area contributed by atoms with Crippen LogP contribution < -0.4 is 5.32 Å². The van der Waals surface area contributed by atoms with Crippen molar-refractivity contribution >= 4 is 0 Å². The van der Waals surface area contributed by atoms with Gasteiger partial charge in [0.25, 0.3) is 0 Å². The summed E-state index contributed by atoms with van der Waals surface area (Å²) in [5.41, 5.74) is 0.993. The summed E-state index contributed by atoms with van der Waals surface area (Å²) in [5.74, 6) is -0.506. The molecule has 0 aromatic carbocycles. The van der Waals surface area contributed by atoms with Gasteiger partial charge < -0.3 is 10.4 Å². The molecule has 0 aromatic rings. The Kier molecular flexibility index (Phi) is 12.4. The molecule has 8 heteroatoms. The fraction of sp³-hybridized carbons (Fsp3) is 0.667. The van der Waals surface area contributed by atoms with E-state index >= 15 is 0 Å². The van der Waals surface area contributed by atoms with Gasteiger partial charge in [0.2, 0.25) is 0 Å². The van der Waals surface area contributed by atoms with Gasteiger partial charge in [-0.2, -0.15) is 0 Å². The van der Waals surface area contributed by atoms with Gasteiger partial charge in [-0.05, 0) is 64.3 Å². The smallest absolute Gasteiger partial charge is 0.166 e. The minimum absolute atomic E-state index is 0.0323. The molecule has 1 aliphatic rings. The van der Waals surface area contributed by atoms with Crippen LogP contribution >= 0.6 is 0 Å². The average molecular weight is 465 g/mol. The largest absolute Gasteiger partial charge is 0.381 e. The molecule has 1 heterocycles. The van der Waals surface area contributed by atoms with Crippen LogP contribution in [0.25, 0.3) is 0 Å². The van der Waals surface area contributed by atoms with E-state index in [-0.39, 0.29) is 18.2 Å². The van der Waals surface area contributed by atoms with E-state index in [1.54, 1.807) is 19.1 Å². The second-order valence-corrected chi connectivity index (χ2v) is 8.68. The Morgan fingerprint density at radius 2 is 1.91 bits per heavy atom. The van der Waals surface area contributed by atoms with E-state index < -0.39 is 36.9 Å². The SMILES string of the molecule is C=C(F)C(=CC(F)C(F)[C@@H](F)CC(C)F)C(=CC)/C=C(\C)[C@@H]1CNCC(CN(C)CO)C1. The lowest BCUT2D eigenvalue weighted by Crippen LogP contribution is -2.41. The maximum absolute atomic E-state index is 14.4. The van der Waals surface area contributed by atoms with E-state index in [0.29, 0.717) is 17.6 Å². The first-order valence-electron chi connectivity index (χ1n) is 11.0. The van der Waals surface area contributed by atoms with E-state index in [1.807, 2.05) is 18.9 Å². The lowest BCUT2D eigenvalue weighted by Gasteiger charge is -2.33. The second kappa shape index (κ2) is 13.9. The van der Waals surface area contributed by atoms with Crippen LogP contribution in [-0.2, 0) is 0 Å². The molecule has 0 bridgehead atoms. The summed E-state index contributed by atoms with van der Waals surface area (Å²) in [6, 6.07) is 0. The number of piperidine rings is 1. The molecule has 0 saturated carbocycles. The standard InChI is InChI=1S/C24H37F5N2O/c1-6-19(7-15(2)20-9-18(11-30-12-20)13-31(5)14-32)21(17(4)26)10-23(28)24(29)22(27)8-16(3)25/h6-7,10,16,18,20,22-24,30,32H,4,8-9,11-14H2,1-3,5H3/b15-7+,19-6?,21-10?/t16?,18?,20-,22-,23?,24?/m0/s1. The first kappa shape index (κ1) is 28.5. The van der Waals surface area contributed by atoms with E-state index in [2.05, 4.69) is 11.9 Å². The number of aliphatic hydroxyl groups excluding tert-OH is 1. The van der Waals surface area contributed by atoms with Crippen molar-refractivity contribution in [2.45, 2.75) is 58.3 Å². The Balaban J connectivity index is 3.02. The van der Waals surface area contributed by atoms with Crippen molar-refractivity contribution in [3.8, 4) is 0 Å². The van der Waals surface area contributed by atoms with Crippen LogP contribution in [0.2, 0.25) is 0 Å². The van der Waals surface area contributed by atoms with Crippen LogP contribution in [0.1, 0.15) is 33.6 Å². The van der Waals surface area contributed by atoms with Crippen molar-refractivity contribution in [2.24, 2.45) is 11.8 Å². The van der Waals surface area contributed by atoms with Gasteiger partial charge in [0.15, 0.2) is 12.3 Å². The van der Waals surface area contributed by atoms with Crippen LogP contribution in [0.4, 0.5) is 22.0 Å². The van der Waals surface area contributed by atoms with Crippen LogP contribution in [0, 0.1) is 11.8 Å². The number of hydrogen-bond acceptors (Lipinski definition) is 3. The molecule has 1 aliphatic heterocycles. The highest BCUT2D eigenvalue weighted by atomic mass is 19.2. The molecule has 2 N–H and O–H groups in total. The summed E-state index contributed by atoms with van der Waals surface area (Å²) >= 11 is 0. The first-order valence-corrected chi connectivity index (χ1v) is 11.0. The number of halogens is 5. The number of alkyl halides is 4. The quantitative estimate of drug-likeness (QED) is 0.238. The summed E-state index contributed by atoms with van der Waals surface area (Å²) < 4.78 is 69.4. The van der Waals surface area contributed by atoms with Crippen molar-refractivity contribution in [2.75, 3.05) is 33.4 Å². The van der Waals surface area contributed by atoms with Gasteiger partial charge >= 0.3 is 0 Å². The zero-order valence-corrected chi connectivity index (χ0v) is 19.4. The topological polar surface area (TPSA) is 35.5 Å². The molecular formula is C24H37F5N2O. The fourth-order valence-corrected chi connectivity index (χ4v) is 3.93. The Bertz CT molecular complexity index is 692. The zero-order chi connectivity index (χ0) is 24.4. The average Bonchev–Trinajstić information content (AvgIpc) is 2.74. The van der Waals surface area contributed by atoms with Gasteiger partial charge in [0.1, 0.15) is 18.2 Å². The lowest BCUT2D eigenvalue weighted by molar-refractivity contribution is 0.0829. The normalized spacial score (nSPS) is 24.9. The third-order valence-electron chi connectivity index (χ3n) is 5.72. The molecule has 0 amide bonds. The molecule has 0 aromatic heterocycles. The van der Waals surface area contributed by atoms with Crippen molar-refractivity contribution in [3.05, 3.63) is 47.4 Å². The predicted octanol–water partition coefficient (Wildman–Crippen LogP) is 5.16. The monoisotopic (exact) mass is 464 g/mol. The molecule has 3 nitrogen and oxygen atoms in total. The highest BCUT2D eigenvalue weighted by Gasteiger charge is 2.31. The van der Waals surface area contributed by atoms with Gasteiger partial charge in [-0.3, -0.25) is 4.90 Å². The minimum atomic E-state index is -2.60. The molecule has 0 aliphatic carbocycles. The van der Waals surface area contributed by atoms with E-state index in [1.165, 1.54) is 0 Å². The summed E-state index contributed by atoms with van der Waals surface area (Å²) in [6.07, 6.45) is -4.95. The third-order valence-corrected chi connectivity index (χ3v) is 5.72. The van der Waals surface area contributed by atoms with Gasteiger partial charge in [0.05, 0.1) is 6.73 Å². The minimum Gasteiger partial charge on any atom is -0.381 e. The Morgan fingerprint density at radius 1 is 1.25 bits per heavy atom.